The van der Waals surface area contributed by atoms with Crippen molar-refractivity contribution in [3.05, 3.63) is 88.4 Å². The van der Waals surface area contributed by atoms with Gasteiger partial charge in [0.25, 0.3) is 5.91 Å². The number of benzene rings is 1. The Morgan fingerprint density at radius 2 is 2.06 bits per heavy atom. The molecule has 0 saturated carbocycles. The number of carbonyl (C=O) groups is 1. The summed E-state index contributed by atoms with van der Waals surface area (Å²) in [5.41, 5.74) is 3.96. The van der Waals surface area contributed by atoms with Crippen LogP contribution in [-0.2, 0) is 6.42 Å². The van der Waals surface area contributed by atoms with Gasteiger partial charge < -0.3 is 20.7 Å². The summed E-state index contributed by atoms with van der Waals surface area (Å²) in [6.07, 6.45) is 11.0. The van der Waals surface area contributed by atoms with Crippen LogP contribution < -0.4 is 20.7 Å². The van der Waals surface area contributed by atoms with Gasteiger partial charge >= 0.3 is 0 Å². The number of pyridine rings is 1. The van der Waals surface area contributed by atoms with Gasteiger partial charge in [-0.15, -0.1) is 0 Å². The molecule has 7 heteroatoms. The van der Waals surface area contributed by atoms with E-state index >= 15 is 0 Å². The third-order valence-corrected chi connectivity index (χ3v) is 6.31. The molecule has 1 aliphatic heterocycles. The Bertz CT molecular complexity index is 1040. The van der Waals surface area contributed by atoms with Gasteiger partial charge in [-0.05, 0) is 68.7 Å². The van der Waals surface area contributed by atoms with Crippen LogP contribution in [0.5, 0.6) is 5.75 Å². The molecule has 174 valence electrons. The average Bonchev–Trinajstić information content (AvgIpc) is 3.19. The van der Waals surface area contributed by atoms with E-state index in [0.29, 0.717) is 17.2 Å². The zero-order valence-corrected chi connectivity index (χ0v) is 20.5. The van der Waals surface area contributed by atoms with Gasteiger partial charge in [0, 0.05) is 35.6 Å². The molecule has 1 aliphatic rings. The molecule has 3 rings (SSSR count). The number of anilines is 1. The fourth-order valence-electron chi connectivity index (χ4n) is 3.25. The number of nitrogens with zero attached hydrogens (tertiary/aromatic N) is 1. The van der Waals surface area contributed by atoms with E-state index in [4.69, 9.17) is 4.74 Å². The van der Waals surface area contributed by atoms with Crippen molar-refractivity contribution in [1.29, 1.82) is 0 Å². The van der Waals surface area contributed by atoms with Crippen molar-refractivity contribution in [1.82, 2.24) is 15.6 Å². The maximum Gasteiger partial charge on any atom is 0.269 e. The summed E-state index contributed by atoms with van der Waals surface area (Å²) in [4.78, 5) is 17.0. The summed E-state index contributed by atoms with van der Waals surface area (Å²) >= 11 is 1.72. The highest BCUT2D eigenvalue weighted by molar-refractivity contribution is 8.04. The van der Waals surface area contributed by atoms with Crippen LogP contribution in [0.1, 0.15) is 49.7 Å². The Kier molecular flexibility index (Phi) is 9.01. The number of rotatable bonds is 10. The standard InChI is InChI=1S/C26H32N4O2S/c1-5-7-8-19-9-11-20(12-10-19)30-26-29-18(3)24(33-26)14-13-21(6-2)32-22-15-16-28-23(17-22)25(31)27-4/h6,9-17,26,29-30H,5,7-8H2,1-4H3,(H,27,31)/b14-13-,21-6+. The lowest BCUT2D eigenvalue weighted by molar-refractivity contribution is 0.0958. The number of carbonyl (C=O) groups excluding carboxylic acids is 1. The van der Waals surface area contributed by atoms with Gasteiger partial charge in [-0.25, -0.2) is 0 Å². The number of allylic oxidation sites excluding steroid dienone is 4. The quantitative estimate of drug-likeness (QED) is 0.315. The fourth-order valence-corrected chi connectivity index (χ4v) is 4.32. The molecule has 1 aromatic heterocycles. The highest BCUT2D eigenvalue weighted by Crippen LogP contribution is 2.32. The Morgan fingerprint density at radius 3 is 2.76 bits per heavy atom. The Labute approximate surface area is 200 Å². The molecule has 2 aromatic rings. The first-order valence-electron chi connectivity index (χ1n) is 11.2. The zero-order chi connectivity index (χ0) is 23.6. The molecule has 6 nitrogen and oxygen atoms in total. The SMILES string of the molecule is C/C=C(\C=C/C1=C(C)NC(Nc2ccc(CCCC)cc2)S1)Oc1ccnc(C(=O)NC)c1. The molecule has 0 spiro atoms. The third kappa shape index (κ3) is 7.15. The van der Waals surface area contributed by atoms with Crippen molar-refractivity contribution in [2.24, 2.45) is 0 Å². The molecular formula is C26H32N4O2S. The molecule has 0 fully saturated rings. The van der Waals surface area contributed by atoms with E-state index in [1.807, 2.05) is 25.2 Å². The van der Waals surface area contributed by atoms with Crippen LogP contribution in [0.25, 0.3) is 0 Å². The smallest absolute Gasteiger partial charge is 0.269 e. The second-order valence-electron chi connectivity index (χ2n) is 7.66. The lowest BCUT2D eigenvalue weighted by atomic mass is 10.1. The summed E-state index contributed by atoms with van der Waals surface area (Å²) in [5, 5.41) is 9.59. The van der Waals surface area contributed by atoms with Crippen molar-refractivity contribution in [2.75, 3.05) is 12.4 Å². The third-order valence-electron chi connectivity index (χ3n) is 5.14. The average molecular weight is 465 g/mol. The first-order valence-corrected chi connectivity index (χ1v) is 12.1. The van der Waals surface area contributed by atoms with Crippen LogP contribution in [0, 0.1) is 0 Å². The van der Waals surface area contributed by atoms with E-state index < -0.39 is 0 Å². The number of ether oxygens (including phenoxy) is 1. The maximum atomic E-state index is 11.8. The normalized spacial score (nSPS) is 16.1. The summed E-state index contributed by atoms with van der Waals surface area (Å²) < 4.78 is 5.94. The summed E-state index contributed by atoms with van der Waals surface area (Å²) in [6.45, 7) is 6.20. The highest BCUT2D eigenvalue weighted by atomic mass is 32.2. The van der Waals surface area contributed by atoms with E-state index in [-0.39, 0.29) is 11.4 Å². The van der Waals surface area contributed by atoms with Gasteiger partial charge in [-0.3, -0.25) is 9.78 Å². The second kappa shape index (κ2) is 12.2. The summed E-state index contributed by atoms with van der Waals surface area (Å²) in [7, 11) is 1.58. The molecule has 0 radical (unpaired) electrons. The lowest BCUT2D eigenvalue weighted by Gasteiger charge is -2.15. The number of aryl methyl sites for hydroxylation is 1. The number of amides is 1. The Balaban J connectivity index is 1.57. The van der Waals surface area contributed by atoms with E-state index in [1.165, 1.54) is 18.4 Å². The van der Waals surface area contributed by atoms with Gasteiger partial charge in [0.2, 0.25) is 0 Å². The van der Waals surface area contributed by atoms with Crippen molar-refractivity contribution < 1.29 is 9.53 Å². The van der Waals surface area contributed by atoms with E-state index in [0.717, 1.165) is 22.7 Å². The molecule has 33 heavy (non-hydrogen) atoms. The monoisotopic (exact) mass is 464 g/mol. The van der Waals surface area contributed by atoms with E-state index in [1.54, 1.807) is 37.1 Å². The molecule has 1 unspecified atom stereocenters. The first-order chi connectivity index (χ1) is 16.0. The Hall–Kier alpha value is -3.19. The highest BCUT2D eigenvalue weighted by Gasteiger charge is 2.20. The van der Waals surface area contributed by atoms with Crippen LogP contribution in [0.2, 0.25) is 0 Å². The predicted molar refractivity (Wildman–Crippen MR) is 137 cm³/mol. The van der Waals surface area contributed by atoms with Crippen molar-refractivity contribution >= 4 is 23.4 Å². The molecule has 0 saturated heterocycles. The minimum absolute atomic E-state index is 0.0661. The van der Waals surface area contributed by atoms with E-state index in [2.05, 4.69) is 59.0 Å². The number of aromatic nitrogens is 1. The van der Waals surface area contributed by atoms with Gasteiger partial charge in [-0.1, -0.05) is 37.2 Å². The zero-order valence-electron chi connectivity index (χ0n) is 19.6. The summed E-state index contributed by atoms with van der Waals surface area (Å²) in [5.74, 6) is 0.997. The first kappa shape index (κ1) is 24.5. The Morgan fingerprint density at radius 1 is 1.27 bits per heavy atom. The fraction of sp³-hybridized carbons (Fsp3) is 0.308. The molecule has 1 aromatic carbocycles. The molecule has 2 heterocycles. The van der Waals surface area contributed by atoms with Crippen LogP contribution in [0.3, 0.4) is 0 Å². The van der Waals surface area contributed by atoms with Crippen molar-refractivity contribution in [2.45, 2.75) is 45.5 Å². The number of nitrogens with one attached hydrogen (secondary N) is 3. The number of hydrogen-bond donors (Lipinski definition) is 3. The van der Waals surface area contributed by atoms with Gasteiger partial charge in [0.05, 0.1) is 0 Å². The molecule has 0 bridgehead atoms. The predicted octanol–water partition coefficient (Wildman–Crippen LogP) is 5.59. The van der Waals surface area contributed by atoms with Crippen LogP contribution in [0.15, 0.2) is 77.2 Å². The van der Waals surface area contributed by atoms with Crippen LogP contribution in [-0.4, -0.2) is 23.4 Å². The topological polar surface area (TPSA) is 75.3 Å². The summed E-state index contributed by atoms with van der Waals surface area (Å²) in [6, 6.07) is 12.0. The molecule has 1 atom stereocenters. The second-order valence-corrected chi connectivity index (χ2v) is 8.81. The van der Waals surface area contributed by atoms with E-state index in [9.17, 15) is 4.79 Å². The number of thioether (sulfide) groups is 1. The minimum atomic E-state index is -0.249. The molecular weight excluding hydrogens is 432 g/mol. The van der Waals surface area contributed by atoms with Crippen LogP contribution >= 0.6 is 11.8 Å². The number of hydrogen-bond acceptors (Lipinski definition) is 6. The van der Waals surface area contributed by atoms with Gasteiger partial charge in [0.15, 0.2) is 0 Å². The maximum absolute atomic E-state index is 11.8. The largest absolute Gasteiger partial charge is 0.458 e. The van der Waals surface area contributed by atoms with Gasteiger partial charge in [0.1, 0.15) is 22.7 Å². The molecule has 1 amide bonds. The minimum Gasteiger partial charge on any atom is -0.458 e. The van der Waals surface area contributed by atoms with Crippen molar-refractivity contribution in [3.63, 3.8) is 0 Å². The molecule has 3 N–H and O–H groups in total. The lowest BCUT2D eigenvalue weighted by Crippen LogP contribution is -2.27. The molecule has 0 aliphatic carbocycles. The van der Waals surface area contributed by atoms with Gasteiger partial charge in [-0.2, -0.15) is 0 Å². The van der Waals surface area contributed by atoms with Crippen molar-refractivity contribution in [3.8, 4) is 5.75 Å². The number of unbranched alkanes of at least 4 members (excludes halogenated alkanes) is 1. The van der Waals surface area contributed by atoms with Crippen LogP contribution in [0.4, 0.5) is 5.69 Å².